The van der Waals surface area contributed by atoms with Crippen LogP contribution in [0.2, 0.25) is 0 Å². The lowest BCUT2D eigenvalue weighted by atomic mass is 10.2. The Bertz CT molecular complexity index is 619. The van der Waals surface area contributed by atoms with Crippen molar-refractivity contribution in [3.8, 4) is 11.6 Å². The predicted octanol–water partition coefficient (Wildman–Crippen LogP) is 4.58. The molecule has 1 heterocycles. The van der Waals surface area contributed by atoms with Crippen molar-refractivity contribution in [1.82, 2.24) is 10.3 Å². The third kappa shape index (κ3) is 4.51. The molecule has 0 aliphatic rings. The number of nitrogens with zero attached hydrogens (tertiary/aromatic N) is 1. The van der Waals surface area contributed by atoms with Gasteiger partial charge in [0, 0.05) is 12.1 Å². The van der Waals surface area contributed by atoms with E-state index in [-0.39, 0.29) is 5.82 Å². The summed E-state index contributed by atoms with van der Waals surface area (Å²) in [6.07, 6.45) is 2.18. The maximum atomic E-state index is 13.4. The van der Waals surface area contributed by atoms with Crippen molar-refractivity contribution in [1.29, 1.82) is 0 Å². The Morgan fingerprint density at radius 2 is 2.14 bits per heavy atom. The van der Waals surface area contributed by atoms with Gasteiger partial charge in [0.05, 0.1) is 10.7 Å². The zero-order chi connectivity index (χ0) is 15.2. The van der Waals surface area contributed by atoms with Crippen molar-refractivity contribution in [3.05, 3.63) is 51.9 Å². The van der Waals surface area contributed by atoms with Crippen LogP contribution in [0.25, 0.3) is 0 Å². The van der Waals surface area contributed by atoms with Crippen LogP contribution in [0.4, 0.5) is 4.39 Å². The van der Waals surface area contributed by atoms with Crippen LogP contribution in [0.3, 0.4) is 0 Å². The highest BCUT2D eigenvalue weighted by Crippen LogP contribution is 2.31. The fraction of sp³-hybridized carbons (Fsp3) is 0.312. The van der Waals surface area contributed by atoms with Crippen molar-refractivity contribution < 1.29 is 9.13 Å². The van der Waals surface area contributed by atoms with Gasteiger partial charge in [-0.1, -0.05) is 13.0 Å². The molecule has 0 fully saturated rings. The number of aromatic nitrogens is 1. The van der Waals surface area contributed by atoms with E-state index in [0.717, 1.165) is 23.0 Å². The molecule has 0 bridgehead atoms. The van der Waals surface area contributed by atoms with Crippen LogP contribution in [-0.4, -0.2) is 11.5 Å². The molecule has 0 aliphatic heterocycles. The standard InChI is InChI=1S/C16H18BrFN2O/c1-3-6-19-9-12-8-13(18)10-20-16(12)21-15-5-4-11(2)7-14(15)17/h4-5,7-8,10,19H,3,6,9H2,1-2H3. The first kappa shape index (κ1) is 15.9. The van der Waals surface area contributed by atoms with Gasteiger partial charge in [0.15, 0.2) is 0 Å². The summed E-state index contributed by atoms with van der Waals surface area (Å²) >= 11 is 3.46. The number of halogens is 2. The minimum Gasteiger partial charge on any atom is -0.438 e. The molecule has 21 heavy (non-hydrogen) atoms. The third-order valence-corrected chi connectivity index (χ3v) is 3.55. The van der Waals surface area contributed by atoms with E-state index < -0.39 is 0 Å². The molecule has 1 aromatic carbocycles. The number of benzene rings is 1. The Morgan fingerprint density at radius 3 is 2.86 bits per heavy atom. The van der Waals surface area contributed by atoms with Crippen LogP contribution < -0.4 is 10.1 Å². The first-order valence-electron chi connectivity index (χ1n) is 6.89. The molecule has 3 nitrogen and oxygen atoms in total. The molecule has 0 spiro atoms. The number of hydrogen-bond donors (Lipinski definition) is 1. The van der Waals surface area contributed by atoms with Gasteiger partial charge in [-0.05, 0) is 59.6 Å². The number of hydrogen-bond acceptors (Lipinski definition) is 3. The Hall–Kier alpha value is -1.46. The number of ether oxygens (including phenoxy) is 1. The Kier molecular flexibility index (Phi) is 5.70. The van der Waals surface area contributed by atoms with Gasteiger partial charge < -0.3 is 10.1 Å². The fourth-order valence-corrected chi connectivity index (χ4v) is 2.45. The Balaban J connectivity index is 2.22. The van der Waals surface area contributed by atoms with Crippen LogP contribution in [0.5, 0.6) is 11.6 Å². The summed E-state index contributed by atoms with van der Waals surface area (Å²) < 4.78 is 20.0. The molecular formula is C16H18BrFN2O. The van der Waals surface area contributed by atoms with E-state index in [1.165, 1.54) is 12.3 Å². The molecule has 0 radical (unpaired) electrons. The summed E-state index contributed by atoms with van der Waals surface area (Å²) in [7, 11) is 0. The van der Waals surface area contributed by atoms with Gasteiger partial charge in [-0.3, -0.25) is 0 Å². The summed E-state index contributed by atoms with van der Waals surface area (Å²) in [5.41, 5.74) is 1.84. The van der Waals surface area contributed by atoms with Crippen LogP contribution >= 0.6 is 15.9 Å². The van der Waals surface area contributed by atoms with Crippen molar-refractivity contribution in [3.63, 3.8) is 0 Å². The van der Waals surface area contributed by atoms with Gasteiger partial charge in [0.1, 0.15) is 11.6 Å². The van der Waals surface area contributed by atoms with Crippen molar-refractivity contribution in [2.45, 2.75) is 26.8 Å². The van der Waals surface area contributed by atoms with E-state index in [4.69, 9.17) is 4.74 Å². The number of nitrogens with one attached hydrogen (secondary N) is 1. The number of pyridine rings is 1. The van der Waals surface area contributed by atoms with Crippen molar-refractivity contribution >= 4 is 15.9 Å². The Morgan fingerprint density at radius 1 is 1.33 bits per heavy atom. The molecule has 0 saturated heterocycles. The first-order chi connectivity index (χ1) is 10.1. The third-order valence-electron chi connectivity index (χ3n) is 2.93. The molecule has 112 valence electrons. The first-order valence-corrected chi connectivity index (χ1v) is 7.68. The van der Waals surface area contributed by atoms with Crippen molar-refractivity contribution in [2.24, 2.45) is 0 Å². The average Bonchev–Trinajstić information content (AvgIpc) is 2.44. The smallest absolute Gasteiger partial charge is 0.223 e. The molecule has 0 atom stereocenters. The maximum Gasteiger partial charge on any atom is 0.223 e. The van der Waals surface area contributed by atoms with Crippen molar-refractivity contribution in [2.75, 3.05) is 6.54 Å². The van der Waals surface area contributed by atoms with Crippen LogP contribution in [0.1, 0.15) is 24.5 Å². The van der Waals surface area contributed by atoms with Crippen LogP contribution in [0.15, 0.2) is 34.9 Å². The van der Waals surface area contributed by atoms with E-state index in [1.807, 2.05) is 25.1 Å². The molecule has 5 heteroatoms. The number of rotatable bonds is 6. The largest absolute Gasteiger partial charge is 0.438 e. The average molecular weight is 353 g/mol. The van der Waals surface area contributed by atoms with E-state index in [2.05, 4.69) is 33.2 Å². The molecule has 2 rings (SSSR count). The summed E-state index contributed by atoms with van der Waals surface area (Å²) in [6.45, 7) is 5.48. The lowest BCUT2D eigenvalue weighted by Crippen LogP contribution is -2.15. The normalized spacial score (nSPS) is 10.7. The van der Waals surface area contributed by atoms with E-state index >= 15 is 0 Å². The minimum absolute atomic E-state index is 0.362. The highest BCUT2D eigenvalue weighted by Gasteiger charge is 2.10. The molecular weight excluding hydrogens is 335 g/mol. The monoisotopic (exact) mass is 352 g/mol. The summed E-state index contributed by atoms with van der Waals surface area (Å²) in [5, 5.41) is 3.23. The molecule has 1 aromatic heterocycles. The quantitative estimate of drug-likeness (QED) is 0.772. The highest BCUT2D eigenvalue weighted by molar-refractivity contribution is 9.10. The Labute approximate surface area is 132 Å². The van der Waals surface area contributed by atoms with Gasteiger partial charge in [-0.2, -0.15) is 0 Å². The molecule has 0 aliphatic carbocycles. The highest BCUT2D eigenvalue weighted by atomic mass is 79.9. The van der Waals surface area contributed by atoms with E-state index in [0.29, 0.717) is 23.7 Å². The minimum atomic E-state index is -0.362. The zero-order valence-electron chi connectivity index (χ0n) is 12.1. The van der Waals surface area contributed by atoms with Gasteiger partial charge in [0.2, 0.25) is 5.88 Å². The van der Waals surface area contributed by atoms with Gasteiger partial charge >= 0.3 is 0 Å². The second-order valence-electron chi connectivity index (χ2n) is 4.83. The second kappa shape index (κ2) is 7.52. The number of aryl methyl sites for hydroxylation is 1. The van der Waals surface area contributed by atoms with Gasteiger partial charge in [-0.25, -0.2) is 9.37 Å². The molecule has 1 N–H and O–H groups in total. The topological polar surface area (TPSA) is 34.2 Å². The summed E-state index contributed by atoms with van der Waals surface area (Å²) in [5.74, 6) is 0.722. The van der Waals surface area contributed by atoms with E-state index in [9.17, 15) is 4.39 Å². The second-order valence-corrected chi connectivity index (χ2v) is 5.68. The van der Waals surface area contributed by atoms with Crippen LogP contribution in [0, 0.1) is 12.7 Å². The molecule has 0 unspecified atom stereocenters. The molecule has 0 saturated carbocycles. The van der Waals surface area contributed by atoms with E-state index in [1.54, 1.807) is 0 Å². The predicted molar refractivity (Wildman–Crippen MR) is 85.1 cm³/mol. The van der Waals surface area contributed by atoms with Crippen LogP contribution in [-0.2, 0) is 6.54 Å². The molecule has 0 amide bonds. The lowest BCUT2D eigenvalue weighted by molar-refractivity contribution is 0.446. The SMILES string of the molecule is CCCNCc1cc(F)cnc1Oc1ccc(C)cc1Br. The maximum absolute atomic E-state index is 13.4. The summed E-state index contributed by atoms with van der Waals surface area (Å²) in [4.78, 5) is 4.06. The fourth-order valence-electron chi connectivity index (χ4n) is 1.88. The molecule has 2 aromatic rings. The van der Waals surface area contributed by atoms with Gasteiger partial charge in [-0.15, -0.1) is 0 Å². The zero-order valence-corrected chi connectivity index (χ0v) is 13.7. The van der Waals surface area contributed by atoms with Gasteiger partial charge in [0.25, 0.3) is 0 Å². The lowest BCUT2D eigenvalue weighted by Gasteiger charge is -2.12. The summed E-state index contributed by atoms with van der Waals surface area (Å²) in [6, 6.07) is 7.24.